The van der Waals surface area contributed by atoms with E-state index in [0.29, 0.717) is 30.8 Å². The predicted octanol–water partition coefficient (Wildman–Crippen LogP) is 1.55. The van der Waals surface area contributed by atoms with Crippen LogP contribution in [0.1, 0.15) is 38.2 Å². The third-order valence-corrected chi connectivity index (χ3v) is 10.7. The monoisotopic (exact) mass is 487 g/mol. The number of benzene rings is 1. The highest BCUT2D eigenvalue weighted by atomic mass is 28.4. The number of ether oxygens (including phenoxy) is 1. The van der Waals surface area contributed by atoms with E-state index in [2.05, 4.69) is 5.32 Å². The zero-order chi connectivity index (χ0) is 24.4. The van der Waals surface area contributed by atoms with Gasteiger partial charge < -0.3 is 29.8 Å². The minimum Gasteiger partial charge on any atom is -0.432 e. The van der Waals surface area contributed by atoms with Gasteiger partial charge in [-0.05, 0) is 44.1 Å². The van der Waals surface area contributed by atoms with Crippen LogP contribution in [0.25, 0.3) is 0 Å². The third-order valence-electron chi connectivity index (χ3n) is 8.17. The number of amides is 3. The van der Waals surface area contributed by atoms with Gasteiger partial charge in [0.25, 0.3) is 5.91 Å². The van der Waals surface area contributed by atoms with Crippen molar-refractivity contribution in [3.05, 3.63) is 23.8 Å². The summed E-state index contributed by atoms with van der Waals surface area (Å²) in [6.07, 6.45) is 1.55. The summed E-state index contributed by atoms with van der Waals surface area (Å²) < 4.78 is 6.56. The van der Waals surface area contributed by atoms with Crippen LogP contribution in [-0.4, -0.2) is 72.7 Å². The molecule has 3 amide bonds. The lowest BCUT2D eigenvalue weighted by Gasteiger charge is -2.33. The number of carbonyl (C=O) groups excluding carboxylic acids is 3. The fourth-order valence-corrected chi connectivity index (χ4v) is 9.04. The zero-order valence-electron chi connectivity index (χ0n) is 19.9. The first kappa shape index (κ1) is 23.5. The Bertz CT molecular complexity index is 1040. The SMILES string of the molecule is C[C@@H]1[C@@H]([Si](C)(C)O)[C@H](CC(=O)N2CCC[C@H]2CO)O[C@@]12C(=O)Nc1ccc(N3CCC3=O)cc12. The summed E-state index contributed by atoms with van der Waals surface area (Å²) in [4.78, 5) is 53.3. The van der Waals surface area contributed by atoms with Gasteiger partial charge in [0.05, 0.1) is 25.2 Å². The van der Waals surface area contributed by atoms with Gasteiger partial charge in [0.2, 0.25) is 11.8 Å². The van der Waals surface area contributed by atoms with Gasteiger partial charge in [-0.2, -0.15) is 0 Å². The molecule has 3 saturated heterocycles. The van der Waals surface area contributed by atoms with Crippen molar-refractivity contribution in [3.8, 4) is 0 Å². The van der Waals surface area contributed by atoms with Crippen molar-refractivity contribution in [1.82, 2.24) is 4.90 Å². The molecule has 9 nitrogen and oxygen atoms in total. The molecule has 4 aliphatic heterocycles. The molecule has 4 heterocycles. The first-order valence-corrected chi connectivity index (χ1v) is 15.2. The number of nitrogens with one attached hydrogen (secondary N) is 1. The van der Waals surface area contributed by atoms with Crippen molar-refractivity contribution in [2.24, 2.45) is 5.92 Å². The molecule has 3 fully saturated rings. The van der Waals surface area contributed by atoms with Gasteiger partial charge in [0.1, 0.15) is 0 Å². The maximum atomic E-state index is 13.4. The third kappa shape index (κ3) is 3.42. The number of likely N-dealkylation sites (tertiary alicyclic amines) is 1. The molecule has 5 atom stereocenters. The lowest BCUT2D eigenvalue weighted by atomic mass is 9.82. The van der Waals surface area contributed by atoms with Gasteiger partial charge in [0.15, 0.2) is 13.9 Å². The highest BCUT2D eigenvalue weighted by Gasteiger charge is 2.65. The number of aliphatic hydroxyl groups is 1. The lowest BCUT2D eigenvalue weighted by molar-refractivity contribution is -0.148. The highest BCUT2D eigenvalue weighted by Crippen LogP contribution is 2.58. The Labute approximate surface area is 200 Å². The Morgan fingerprint density at radius 3 is 2.68 bits per heavy atom. The number of nitrogens with zero attached hydrogens (tertiary/aromatic N) is 2. The molecule has 34 heavy (non-hydrogen) atoms. The largest absolute Gasteiger partial charge is 0.432 e. The van der Waals surface area contributed by atoms with Crippen LogP contribution in [-0.2, 0) is 24.7 Å². The molecule has 1 spiro atoms. The van der Waals surface area contributed by atoms with E-state index < -0.39 is 20.0 Å². The fourth-order valence-electron chi connectivity index (χ4n) is 6.48. The standard InChI is InChI=1S/C24H33N3O6Si/c1-14-22(34(2,3)32)19(12-21(30)26-9-4-5-16(26)13-28)33-24(14)17-11-15(27-10-8-20(27)29)6-7-18(17)25-23(24)31/h6-7,11,14,16,19,22,28,32H,4-5,8-10,12-13H2,1-3H3,(H,25,31)/t14-,16+,19+,22-,24+/m1/s1. The molecule has 1 aromatic carbocycles. The Balaban J connectivity index is 1.50. The van der Waals surface area contributed by atoms with E-state index in [1.165, 1.54) is 0 Å². The normalized spacial score (nSPS) is 32.9. The van der Waals surface area contributed by atoms with Gasteiger partial charge in [0, 0.05) is 47.9 Å². The number of carbonyl (C=O) groups is 3. The fraction of sp³-hybridized carbons (Fsp3) is 0.625. The van der Waals surface area contributed by atoms with Crippen molar-refractivity contribution in [2.75, 3.05) is 29.9 Å². The predicted molar refractivity (Wildman–Crippen MR) is 128 cm³/mol. The van der Waals surface area contributed by atoms with Crippen LogP contribution in [0, 0.1) is 5.92 Å². The molecule has 10 heteroatoms. The average Bonchev–Trinajstić information content (AvgIpc) is 3.43. The van der Waals surface area contributed by atoms with Crippen LogP contribution >= 0.6 is 0 Å². The maximum absolute atomic E-state index is 13.4. The van der Waals surface area contributed by atoms with Gasteiger partial charge >= 0.3 is 0 Å². The lowest BCUT2D eigenvalue weighted by Crippen LogP contribution is -2.45. The molecule has 0 aromatic heterocycles. The van der Waals surface area contributed by atoms with E-state index in [1.54, 1.807) is 15.9 Å². The van der Waals surface area contributed by atoms with Crippen LogP contribution < -0.4 is 10.2 Å². The number of hydrogen-bond donors (Lipinski definition) is 3. The number of aliphatic hydroxyl groups excluding tert-OH is 1. The van der Waals surface area contributed by atoms with E-state index in [9.17, 15) is 24.3 Å². The smallest absolute Gasteiger partial charge is 0.261 e. The van der Waals surface area contributed by atoms with Gasteiger partial charge in [-0.15, -0.1) is 0 Å². The minimum absolute atomic E-state index is 0.0426. The molecule has 3 N–H and O–H groups in total. The van der Waals surface area contributed by atoms with Crippen molar-refractivity contribution in [3.63, 3.8) is 0 Å². The first-order valence-electron chi connectivity index (χ1n) is 12.1. The van der Waals surface area contributed by atoms with Crippen LogP contribution in [0.3, 0.4) is 0 Å². The number of β-lactam (4-membered cyclic amide) rings is 1. The van der Waals surface area contributed by atoms with E-state index in [0.717, 1.165) is 18.5 Å². The second-order valence-corrected chi connectivity index (χ2v) is 14.6. The van der Waals surface area contributed by atoms with Gasteiger partial charge in [-0.3, -0.25) is 14.4 Å². The van der Waals surface area contributed by atoms with Crippen molar-refractivity contribution < 1.29 is 29.0 Å². The van der Waals surface area contributed by atoms with Gasteiger partial charge in [-0.1, -0.05) is 6.92 Å². The van der Waals surface area contributed by atoms with E-state index in [4.69, 9.17) is 4.74 Å². The summed E-state index contributed by atoms with van der Waals surface area (Å²) >= 11 is 0. The highest BCUT2D eigenvalue weighted by molar-refractivity contribution is 6.71. The van der Waals surface area contributed by atoms with Crippen molar-refractivity contribution >= 4 is 37.4 Å². The molecule has 0 bridgehead atoms. The second-order valence-electron chi connectivity index (χ2n) is 10.6. The van der Waals surface area contributed by atoms with E-state index in [-0.39, 0.29) is 48.3 Å². The summed E-state index contributed by atoms with van der Waals surface area (Å²) in [7, 11) is -2.86. The quantitative estimate of drug-likeness (QED) is 0.428. The topological polar surface area (TPSA) is 119 Å². The molecule has 0 saturated carbocycles. The number of hydrogen-bond acceptors (Lipinski definition) is 6. The van der Waals surface area contributed by atoms with Crippen LogP contribution in [0.15, 0.2) is 18.2 Å². The second kappa shape index (κ2) is 8.15. The molecular weight excluding hydrogens is 454 g/mol. The Kier molecular flexibility index (Phi) is 5.62. The van der Waals surface area contributed by atoms with Crippen molar-refractivity contribution in [2.45, 2.75) is 69.0 Å². The molecule has 4 aliphatic rings. The Hall–Kier alpha value is -2.27. The molecule has 184 valence electrons. The van der Waals surface area contributed by atoms with Crippen molar-refractivity contribution in [1.29, 1.82) is 0 Å². The minimum atomic E-state index is -2.86. The molecule has 0 radical (unpaired) electrons. The molecule has 0 aliphatic carbocycles. The zero-order valence-corrected chi connectivity index (χ0v) is 20.9. The summed E-state index contributed by atoms with van der Waals surface area (Å²) in [5.74, 6) is -0.740. The summed E-state index contributed by atoms with van der Waals surface area (Å²) in [6, 6.07) is 5.27. The van der Waals surface area contributed by atoms with E-state index in [1.807, 2.05) is 32.2 Å². The summed E-state index contributed by atoms with van der Waals surface area (Å²) in [5, 5.41) is 12.6. The Morgan fingerprint density at radius 2 is 2.06 bits per heavy atom. The number of fused-ring (bicyclic) bond motifs is 2. The maximum Gasteiger partial charge on any atom is 0.261 e. The summed E-state index contributed by atoms with van der Waals surface area (Å²) in [6.45, 7) is 6.73. The number of anilines is 2. The van der Waals surface area contributed by atoms with Crippen LogP contribution in [0.4, 0.5) is 11.4 Å². The first-order chi connectivity index (χ1) is 16.1. The molecular formula is C24H33N3O6Si. The molecule has 5 rings (SSSR count). The van der Waals surface area contributed by atoms with Crippen LogP contribution in [0.2, 0.25) is 18.6 Å². The molecule has 1 aromatic rings. The summed E-state index contributed by atoms with van der Waals surface area (Å²) in [5.41, 5.74) is 0.341. The average molecular weight is 488 g/mol. The number of rotatable bonds is 5. The molecule has 0 unspecified atom stereocenters. The van der Waals surface area contributed by atoms with E-state index >= 15 is 0 Å². The Morgan fingerprint density at radius 1 is 1.29 bits per heavy atom. The van der Waals surface area contributed by atoms with Gasteiger partial charge in [-0.25, -0.2) is 0 Å². The van der Waals surface area contributed by atoms with Crippen LogP contribution in [0.5, 0.6) is 0 Å².